The van der Waals surface area contributed by atoms with Gasteiger partial charge in [-0.25, -0.2) is 9.78 Å². The van der Waals surface area contributed by atoms with Gasteiger partial charge >= 0.3 is 5.97 Å². The van der Waals surface area contributed by atoms with Crippen LogP contribution < -0.4 is 0 Å². The molecule has 1 fully saturated rings. The number of carbonyl (C=O) groups is 1. The highest BCUT2D eigenvalue weighted by Gasteiger charge is 2.31. The summed E-state index contributed by atoms with van der Waals surface area (Å²) in [6, 6.07) is 8.10. The fourth-order valence-electron chi connectivity index (χ4n) is 3.51. The van der Waals surface area contributed by atoms with Crippen molar-refractivity contribution < 1.29 is 23.8 Å². The van der Waals surface area contributed by atoms with Gasteiger partial charge in [-0.15, -0.1) is 0 Å². The number of carboxylic acids is 1. The van der Waals surface area contributed by atoms with Gasteiger partial charge < -0.3 is 19.0 Å². The average Bonchev–Trinajstić information content (AvgIpc) is 3.06. The van der Waals surface area contributed by atoms with Crippen LogP contribution in [0.3, 0.4) is 0 Å². The second-order valence-corrected chi connectivity index (χ2v) is 8.48. The average molecular weight is 402 g/mol. The van der Waals surface area contributed by atoms with Gasteiger partial charge in [-0.1, -0.05) is 24.1 Å². The van der Waals surface area contributed by atoms with Crippen LogP contribution >= 0.6 is 0 Å². The number of nitrogens with zero attached hydrogens (tertiary/aromatic N) is 1. The van der Waals surface area contributed by atoms with Crippen LogP contribution in [0, 0.1) is 19.8 Å². The van der Waals surface area contributed by atoms with Crippen LogP contribution in [-0.4, -0.2) is 34.4 Å². The van der Waals surface area contributed by atoms with Crippen molar-refractivity contribution >= 4 is 5.97 Å². The molecule has 1 aliphatic rings. The minimum Gasteiger partial charge on any atom is -0.479 e. The van der Waals surface area contributed by atoms with E-state index in [2.05, 4.69) is 11.9 Å². The summed E-state index contributed by atoms with van der Waals surface area (Å²) in [6.07, 6.45) is 4.09. The van der Waals surface area contributed by atoms with E-state index < -0.39 is 11.6 Å². The molecule has 0 amide bonds. The van der Waals surface area contributed by atoms with Gasteiger partial charge in [-0.3, -0.25) is 0 Å². The van der Waals surface area contributed by atoms with E-state index in [4.69, 9.17) is 13.9 Å². The van der Waals surface area contributed by atoms with Crippen LogP contribution in [-0.2, 0) is 20.9 Å². The lowest BCUT2D eigenvalue weighted by atomic mass is 9.87. The minimum atomic E-state index is -1.15. The van der Waals surface area contributed by atoms with E-state index in [1.54, 1.807) is 13.8 Å². The SMILES string of the molecule is Cc1ccc(-c2nc(COC3CCCC(COC(C)(C)C(=O)O)C3)c(C)o2)cc1. The number of hydrogen-bond acceptors (Lipinski definition) is 5. The summed E-state index contributed by atoms with van der Waals surface area (Å²) < 4.78 is 17.6. The third-order valence-electron chi connectivity index (χ3n) is 5.58. The van der Waals surface area contributed by atoms with Crippen LogP contribution in [0.15, 0.2) is 28.7 Å². The van der Waals surface area contributed by atoms with Crippen molar-refractivity contribution in [2.75, 3.05) is 6.61 Å². The maximum Gasteiger partial charge on any atom is 0.335 e. The van der Waals surface area contributed by atoms with E-state index in [-0.39, 0.29) is 6.10 Å². The maximum atomic E-state index is 11.2. The molecule has 3 rings (SSSR count). The number of oxazole rings is 1. The summed E-state index contributed by atoms with van der Waals surface area (Å²) in [7, 11) is 0. The molecule has 0 spiro atoms. The van der Waals surface area contributed by atoms with Crippen molar-refractivity contribution in [3.63, 3.8) is 0 Å². The maximum absolute atomic E-state index is 11.2. The smallest absolute Gasteiger partial charge is 0.335 e. The highest BCUT2D eigenvalue weighted by molar-refractivity contribution is 5.76. The van der Waals surface area contributed by atoms with Gasteiger partial charge in [0.1, 0.15) is 11.5 Å². The predicted molar refractivity (Wildman–Crippen MR) is 110 cm³/mol. The monoisotopic (exact) mass is 401 g/mol. The van der Waals surface area contributed by atoms with Crippen LogP contribution in [0.4, 0.5) is 0 Å². The van der Waals surface area contributed by atoms with Gasteiger partial charge in [-0.05, 0) is 65.0 Å². The molecule has 1 aromatic heterocycles. The molecule has 6 nitrogen and oxygen atoms in total. The van der Waals surface area contributed by atoms with Crippen molar-refractivity contribution in [1.82, 2.24) is 4.98 Å². The summed E-state index contributed by atoms with van der Waals surface area (Å²) in [4.78, 5) is 15.8. The molecular weight excluding hydrogens is 370 g/mol. The number of ether oxygens (including phenoxy) is 2. The molecule has 0 aliphatic heterocycles. The zero-order valence-electron chi connectivity index (χ0n) is 17.7. The van der Waals surface area contributed by atoms with Gasteiger partial charge in [0.05, 0.1) is 19.3 Å². The highest BCUT2D eigenvalue weighted by atomic mass is 16.5. The fraction of sp³-hybridized carbons (Fsp3) is 0.565. The number of aryl methyl sites for hydroxylation is 2. The number of rotatable bonds is 8. The Morgan fingerprint density at radius 1 is 1.24 bits per heavy atom. The Kier molecular flexibility index (Phi) is 6.75. The zero-order valence-corrected chi connectivity index (χ0v) is 17.7. The Bertz CT molecular complexity index is 824. The van der Waals surface area contributed by atoms with Gasteiger partial charge in [-0.2, -0.15) is 0 Å². The molecule has 0 saturated heterocycles. The Hall–Kier alpha value is -2.18. The number of aliphatic carboxylic acids is 1. The van der Waals surface area contributed by atoms with Gasteiger partial charge in [0, 0.05) is 5.56 Å². The first-order valence-electron chi connectivity index (χ1n) is 10.3. The molecule has 2 atom stereocenters. The number of benzene rings is 1. The largest absolute Gasteiger partial charge is 0.479 e. The van der Waals surface area contributed by atoms with Crippen molar-refractivity contribution in [2.24, 2.45) is 5.92 Å². The van der Waals surface area contributed by atoms with Crippen LogP contribution in [0.1, 0.15) is 56.5 Å². The lowest BCUT2D eigenvalue weighted by molar-refractivity contribution is -0.163. The third kappa shape index (κ3) is 5.67. The first kappa shape index (κ1) is 21.5. The Morgan fingerprint density at radius 3 is 2.66 bits per heavy atom. The summed E-state index contributed by atoms with van der Waals surface area (Å²) in [5, 5.41) is 9.19. The molecule has 6 heteroatoms. The summed E-state index contributed by atoms with van der Waals surface area (Å²) in [5.74, 6) is 0.771. The normalized spacial score (nSPS) is 20.0. The van der Waals surface area contributed by atoms with Gasteiger partial charge in [0.15, 0.2) is 5.60 Å². The summed E-state index contributed by atoms with van der Waals surface area (Å²) in [5.41, 5.74) is 1.83. The van der Waals surface area contributed by atoms with Crippen LogP contribution in [0.5, 0.6) is 0 Å². The second kappa shape index (κ2) is 9.09. The lowest BCUT2D eigenvalue weighted by Crippen LogP contribution is -2.37. The van der Waals surface area contributed by atoms with E-state index in [1.165, 1.54) is 5.56 Å². The van der Waals surface area contributed by atoms with Gasteiger partial charge in [0.25, 0.3) is 0 Å². The molecule has 1 heterocycles. The molecule has 0 radical (unpaired) electrons. The van der Waals surface area contributed by atoms with Crippen LogP contribution in [0.2, 0.25) is 0 Å². The lowest BCUT2D eigenvalue weighted by Gasteiger charge is -2.31. The van der Waals surface area contributed by atoms with Crippen molar-refractivity contribution in [3.05, 3.63) is 41.3 Å². The quantitative estimate of drug-likeness (QED) is 0.676. The number of hydrogen-bond donors (Lipinski definition) is 1. The first-order chi connectivity index (χ1) is 13.7. The zero-order chi connectivity index (χ0) is 21.0. The molecule has 2 aromatic rings. The molecule has 1 N–H and O–H groups in total. The Balaban J connectivity index is 1.53. The Labute approximate surface area is 172 Å². The minimum absolute atomic E-state index is 0.129. The van der Waals surface area contributed by atoms with Gasteiger partial charge in [0.2, 0.25) is 5.89 Å². The van der Waals surface area contributed by atoms with Crippen LogP contribution in [0.25, 0.3) is 11.5 Å². The van der Waals surface area contributed by atoms with Crippen molar-refractivity contribution in [2.45, 2.75) is 71.7 Å². The standard InChI is InChI=1S/C23H31NO5/c1-15-8-10-18(11-9-15)21-24-20(16(2)29-21)14-27-19-7-5-6-17(12-19)13-28-23(3,4)22(25)26/h8-11,17,19H,5-7,12-14H2,1-4H3,(H,25,26). The topological polar surface area (TPSA) is 81.8 Å². The molecule has 29 heavy (non-hydrogen) atoms. The molecule has 1 aliphatic carbocycles. The molecule has 158 valence electrons. The fourth-order valence-corrected chi connectivity index (χ4v) is 3.51. The van der Waals surface area contributed by atoms with Crippen molar-refractivity contribution in [1.29, 1.82) is 0 Å². The van der Waals surface area contributed by atoms with E-state index in [0.717, 1.165) is 42.7 Å². The molecule has 2 unspecified atom stereocenters. The molecule has 1 saturated carbocycles. The highest BCUT2D eigenvalue weighted by Crippen LogP contribution is 2.29. The van der Waals surface area contributed by atoms with E-state index in [0.29, 0.717) is 25.0 Å². The van der Waals surface area contributed by atoms with E-state index in [9.17, 15) is 9.90 Å². The third-order valence-corrected chi connectivity index (χ3v) is 5.58. The molecule has 0 bridgehead atoms. The molecule has 1 aromatic carbocycles. The second-order valence-electron chi connectivity index (χ2n) is 8.48. The predicted octanol–water partition coefficient (Wildman–Crippen LogP) is 4.91. The first-order valence-corrected chi connectivity index (χ1v) is 10.3. The molecular formula is C23H31NO5. The summed E-state index contributed by atoms with van der Waals surface area (Å²) >= 11 is 0. The van der Waals surface area contributed by atoms with Crippen molar-refractivity contribution in [3.8, 4) is 11.5 Å². The number of carboxylic acid groups (broad SMARTS) is 1. The van der Waals surface area contributed by atoms with E-state index in [1.807, 2.05) is 31.2 Å². The Morgan fingerprint density at radius 2 is 1.97 bits per heavy atom. The summed E-state index contributed by atoms with van der Waals surface area (Å²) in [6.45, 7) is 8.00. The number of aromatic nitrogens is 1. The van der Waals surface area contributed by atoms with E-state index >= 15 is 0 Å².